The number of carbonyl (C=O) groups excluding carboxylic acids is 1. The van der Waals surface area contributed by atoms with Crippen LogP contribution < -0.4 is 10.6 Å². The van der Waals surface area contributed by atoms with Crippen molar-refractivity contribution >= 4 is 5.91 Å². The summed E-state index contributed by atoms with van der Waals surface area (Å²) in [6.07, 6.45) is 3.10. The molecule has 1 amide bonds. The Bertz CT molecular complexity index is 200. The smallest absolute Gasteiger partial charge is 0.220 e. The Hall–Kier alpha value is -0.870. The van der Waals surface area contributed by atoms with Gasteiger partial charge in [0.2, 0.25) is 5.91 Å². The molecule has 1 aliphatic rings. The second-order valence-electron chi connectivity index (χ2n) is 3.77. The van der Waals surface area contributed by atoms with Gasteiger partial charge in [-0.25, -0.2) is 0 Å². The van der Waals surface area contributed by atoms with Crippen LogP contribution in [0.5, 0.6) is 0 Å². The van der Waals surface area contributed by atoms with Gasteiger partial charge >= 0.3 is 0 Å². The van der Waals surface area contributed by atoms with Crippen LogP contribution in [-0.4, -0.2) is 50.1 Å². The van der Waals surface area contributed by atoms with E-state index < -0.39 is 0 Å². The SMILES string of the molecule is C=CCCC(=O)NCCN1CCNCC1. The molecule has 2 N–H and O–H groups in total. The van der Waals surface area contributed by atoms with Crippen LogP contribution in [0.4, 0.5) is 0 Å². The number of carbonyl (C=O) groups is 1. The lowest BCUT2D eigenvalue weighted by atomic mass is 10.3. The van der Waals surface area contributed by atoms with Crippen molar-refractivity contribution in [1.82, 2.24) is 15.5 Å². The van der Waals surface area contributed by atoms with Gasteiger partial charge in [-0.05, 0) is 6.42 Å². The Balaban J connectivity index is 1.99. The molecule has 1 fully saturated rings. The van der Waals surface area contributed by atoms with Crippen molar-refractivity contribution in [3.05, 3.63) is 12.7 Å². The predicted octanol–water partition coefficient (Wildman–Crippen LogP) is -0.0260. The summed E-state index contributed by atoms with van der Waals surface area (Å²) in [5.41, 5.74) is 0. The fourth-order valence-corrected chi connectivity index (χ4v) is 1.61. The van der Waals surface area contributed by atoms with Crippen LogP contribution in [0.25, 0.3) is 0 Å². The molecular formula is C11H21N3O. The molecule has 86 valence electrons. The molecule has 0 aliphatic carbocycles. The first-order valence-electron chi connectivity index (χ1n) is 5.63. The molecule has 0 spiro atoms. The number of nitrogens with one attached hydrogen (secondary N) is 2. The molecule has 0 aromatic heterocycles. The van der Waals surface area contributed by atoms with Gasteiger partial charge < -0.3 is 10.6 Å². The molecule has 4 heteroatoms. The van der Waals surface area contributed by atoms with Crippen molar-refractivity contribution in [2.75, 3.05) is 39.3 Å². The number of amides is 1. The second-order valence-corrected chi connectivity index (χ2v) is 3.77. The molecule has 0 radical (unpaired) electrons. The number of hydrogen-bond acceptors (Lipinski definition) is 3. The molecule has 0 saturated carbocycles. The van der Waals surface area contributed by atoms with Crippen LogP contribution >= 0.6 is 0 Å². The van der Waals surface area contributed by atoms with E-state index in [4.69, 9.17) is 0 Å². The first-order valence-corrected chi connectivity index (χ1v) is 5.63. The fourth-order valence-electron chi connectivity index (χ4n) is 1.61. The van der Waals surface area contributed by atoms with Gasteiger partial charge in [0.25, 0.3) is 0 Å². The Morgan fingerprint density at radius 3 is 2.87 bits per heavy atom. The van der Waals surface area contributed by atoms with Crippen molar-refractivity contribution in [1.29, 1.82) is 0 Å². The Morgan fingerprint density at radius 1 is 1.47 bits per heavy atom. The maximum Gasteiger partial charge on any atom is 0.220 e. The summed E-state index contributed by atoms with van der Waals surface area (Å²) in [4.78, 5) is 13.6. The van der Waals surface area contributed by atoms with Crippen LogP contribution in [0.2, 0.25) is 0 Å². The lowest BCUT2D eigenvalue weighted by Gasteiger charge is -2.27. The number of allylic oxidation sites excluding steroid dienone is 1. The molecule has 0 aromatic carbocycles. The minimum atomic E-state index is 0.130. The Morgan fingerprint density at radius 2 is 2.20 bits per heavy atom. The van der Waals surface area contributed by atoms with Crippen molar-refractivity contribution in [2.24, 2.45) is 0 Å². The highest BCUT2D eigenvalue weighted by Crippen LogP contribution is 1.91. The fraction of sp³-hybridized carbons (Fsp3) is 0.727. The molecule has 4 nitrogen and oxygen atoms in total. The lowest BCUT2D eigenvalue weighted by Crippen LogP contribution is -2.46. The summed E-state index contributed by atoms with van der Waals surface area (Å²) >= 11 is 0. The Kier molecular flexibility index (Phi) is 6.04. The third-order valence-electron chi connectivity index (χ3n) is 2.54. The molecule has 1 aliphatic heterocycles. The summed E-state index contributed by atoms with van der Waals surface area (Å²) in [6, 6.07) is 0. The number of rotatable bonds is 6. The number of hydrogen-bond donors (Lipinski definition) is 2. The van der Waals surface area contributed by atoms with E-state index in [1.807, 2.05) is 0 Å². The maximum atomic E-state index is 11.3. The highest BCUT2D eigenvalue weighted by molar-refractivity contribution is 5.75. The van der Waals surface area contributed by atoms with E-state index in [1.165, 1.54) is 0 Å². The van der Waals surface area contributed by atoms with Crippen LogP contribution in [0, 0.1) is 0 Å². The second kappa shape index (κ2) is 7.43. The average Bonchev–Trinajstić information content (AvgIpc) is 2.28. The molecule has 1 rings (SSSR count). The van der Waals surface area contributed by atoms with Crippen molar-refractivity contribution in [3.63, 3.8) is 0 Å². The van der Waals surface area contributed by atoms with E-state index in [1.54, 1.807) is 6.08 Å². The maximum absolute atomic E-state index is 11.3. The highest BCUT2D eigenvalue weighted by atomic mass is 16.1. The molecule has 0 aromatic rings. The quantitative estimate of drug-likeness (QED) is 0.607. The third kappa shape index (κ3) is 5.54. The van der Waals surface area contributed by atoms with E-state index >= 15 is 0 Å². The molecule has 1 saturated heterocycles. The van der Waals surface area contributed by atoms with Gasteiger partial charge in [0.1, 0.15) is 0 Å². The zero-order chi connectivity index (χ0) is 10.9. The minimum Gasteiger partial charge on any atom is -0.355 e. The Labute approximate surface area is 91.7 Å². The first-order chi connectivity index (χ1) is 7.33. The predicted molar refractivity (Wildman–Crippen MR) is 61.8 cm³/mol. The van der Waals surface area contributed by atoms with E-state index in [-0.39, 0.29) is 5.91 Å². The largest absolute Gasteiger partial charge is 0.355 e. The van der Waals surface area contributed by atoms with Crippen LogP contribution in [0.1, 0.15) is 12.8 Å². The van der Waals surface area contributed by atoms with Crippen LogP contribution in [0.3, 0.4) is 0 Å². The summed E-state index contributed by atoms with van der Waals surface area (Å²) in [5, 5.41) is 6.22. The van der Waals surface area contributed by atoms with Gasteiger partial charge in [0.05, 0.1) is 0 Å². The van der Waals surface area contributed by atoms with E-state index in [0.29, 0.717) is 6.42 Å². The van der Waals surface area contributed by atoms with Crippen molar-refractivity contribution in [2.45, 2.75) is 12.8 Å². The van der Waals surface area contributed by atoms with Gasteiger partial charge in [0.15, 0.2) is 0 Å². The van der Waals surface area contributed by atoms with Gasteiger partial charge in [-0.2, -0.15) is 0 Å². The molecule has 0 unspecified atom stereocenters. The minimum absolute atomic E-state index is 0.130. The molecule has 0 bridgehead atoms. The van der Waals surface area contributed by atoms with Gasteiger partial charge in [0, 0.05) is 45.7 Å². The molecule has 1 heterocycles. The number of piperazine rings is 1. The average molecular weight is 211 g/mol. The molecule has 0 atom stereocenters. The van der Waals surface area contributed by atoms with Crippen molar-refractivity contribution in [3.8, 4) is 0 Å². The van der Waals surface area contributed by atoms with Crippen molar-refractivity contribution < 1.29 is 4.79 Å². The molecular weight excluding hydrogens is 190 g/mol. The summed E-state index contributed by atoms with van der Waals surface area (Å²) in [5.74, 6) is 0.130. The first kappa shape index (κ1) is 12.2. The number of nitrogens with zero attached hydrogens (tertiary/aromatic N) is 1. The topological polar surface area (TPSA) is 44.4 Å². The summed E-state index contributed by atoms with van der Waals surface area (Å²) in [6.45, 7) is 9.60. The zero-order valence-corrected chi connectivity index (χ0v) is 9.30. The summed E-state index contributed by atoms with van der Waals surface area (Å²) in [7, 11) is 0. The third-order valence-corrected chi connectivity index (χ3v) is 2.54. The van der Waals surface area contributed by atoms with E-state index in [0.717, 1.165) is 45.7 Å². The highest BCUT2D eigenvalue weighted by Gasteiger charge is 2.08. The summed E-state index contributed by atoms with van der Waals surface area (Å²) < 4.78 is 0. The lowest BCUT2D eigenvalue weighted by molar-refractivity contribution is -0.121. The molecule has 15 heavy (non-hydrogen) atoms. The van der Waals surface area contributed by atoms with E-state index in [9.17, 15) is 4.79 Å². The van der Waals surface area contributed by atoms with Crippen LogP contribution in [0.15, 0.2) is 12.7 Å². The normalized spacial score (nSPS) is 17.3. The van der Waals surface area contributed by atoms with Gasteiger partial charge in [-0.15, -0.1) is 6.58 Å². The zero-order valence-electron chi connectivity index (χ0n) is 9.30. The van der Waals surface area contributed by atoms with Gasteiger partial charge in [-0.3, -0.25) is 9.69 Å². The van der Waals surface area contributed by atoms with Gasteiger partial charge in [-0.1, -0.05) is 6.08 Å². The standard InChI is InChI=1S/C11H21N3O/c1-2-3-4-11(15)13-7-10-14-8-5-12-6-9-14/h2,12H,1,3-10H2,(H,13,15). The van der Waals surface area contributed by atoms with E-state index in [2.05, 4.69) is 22.1 Å². The van der Waals surface area contributed by atoms with Crippen LogP contribution in [-0.2, 0) is 4.79 Å². The monoisotopic (exact) mass is 211 g/mol.